The van der Waals surface area contributed by atoms with Crippen LogP contribution in [0.2, 0.25) is 5.15 Å². The van der Waals surface area contributed by atoms with Crippen LogP contribution < -0.4 is 9.47 Å². The van der Waals surface area contributed by atoms with Crippen molar-refractivity contribution in [2.24, 2.45) is 0 Å². The van der Waals surface area contributed by atoms with Gasteiger partial charge in [-0.1, -0.05) is 43.6 Å². The second-order valence-electron chi connectivity index (χ2n) is 4.55. The minimum atomic E-state index is 0.205. The monoisotopic (exact) mass is 292 g/mol. The number of hydrogen-bond acceptors (Lipinski definition) is 4. The van der Waals surface area contributed by atoms with Gasteiger partial charge >= 0.3 is 0 Å². The van der Waals surface area contributed by atoms with Crippen molar-refractivity contribution in [3.8, 4) is 11.6 Å². The molecule has 0 radical (unpaired) electrons. The number of hydrogen-bond donors (Lipinski definition) is 0. The predicted octanol–water partition coefficient (Wildman–Crippen LogP) is 3.71. The van der Waals surface area contributed by atoms with E-state index in [1.54, 1.807) is 6.07 Å². The molecule has 0 N–H and O–H groups in total. The first-order valence-corrected chi connectivity index (χ1v) is 6.88. The maximum atomic E-state index is 5.94. The van der Waals surface area contributed by atoms with Gasteiger partial charge in [-0.3, -0.25) is 0 Å². The summed E-state index contributed by atoms with van der Waals surface area (Å²) in [6.45, 7) is 4.87. The molecule has 5 heteroatoms. The van der Waals surface area contributed by atoms with Gasteiger partial charge in [0.25, 0.3) is 0 Å². The highest BCUT2D eigenvalue weighted by Crippen LogP contribution is 2.18. The molecule has 1 heterocycles. The summed E-state index contributed by atoms with van der Waals surface area (Å²) < 4.78 is 11.1. The van der Waals surface area contributed by atoms with E-state index in [1.165, 1.54) is 0 Å². The van der Waals surface area contributed by atoms with Crippen LogP contribution >= 0.6 is 11.6 Å². The van der Waals surface area contributed by atoms with Crippen molar-refractivity contribution in [3.05, 3.63) is 47.4 Å². The Morgan fingerprint density at radius 1 is 1.05 bits per heavy atom. The third-order valence-electron chi connectivity index (χ3n) is 2.55. The normalized spacial score (nSPS) is 10.6. The van der Waals surface area contributed by atoms with Crippen LogP contribution in [0.5, 0.6) is 11.6 Å². The fraction of sp³-hybridized carbons (Fsp3) is 0.333. The second kappa shape index (κ2) is 7.10. The van der Waals surface area contributed by atoms with Crippen LogP contribution in [0, 0.1) is 0 Å². The van der Waals surface area contributed by atoms with Crippen molar-refractivity contribution in [3.63, 3.8) is 0 Å². The van der Waals surface area contributed by atoms with Crippen molar-refractivity contribution >= 4 is 11.6 Å². The Morgan fingerprint density at radius 3 is 2.45 bits per heavy atom. The zero-order chi connectivity index (χ0) is 14.4. The Kier molecular flexibility index (Phi) is 5.18. The molecule has 0 aliphatic carbocycles. The summed E-state index contributed by atoms with van der Waals surface area (Å²) in [5.74, 6) is 2.18. The van der Waals surface area contributed by atoms with Gasteiger partial charge in [-0.05, 0) is 12.1 Å². The molecule has 1 aromatic carbocycles. The van der Waals surface area contributed by atoms with E-state index in [0.717, 1.165) is 5.75 Å². The van der Waals surface area contributed by atoms with Crippen LogP contribution in [0.3, 0.4) is 0 Å². The average Bonchev–Trinajstić information content (AvgIpc) is 2.44. The zero-order valence-electron chi connectivity index (χ0n) is 11.5. The highest BCUT2D eigenvalue weighted by molar-refractivity contribution is 6.29. The molecule has 0 amide bonds. The number of nitrogens with zero attached hydrogens (tertiary/aromatic N) is 2. The van der Waals surface area contributed by atoms with E-state index in [1.807, 2.05) is 44.2 Å². The summed E-state index contributed by atoms with van der Waals surface area (Å²) in [4.78, 5) is 8.46. The highest BCUT2D eigenvalue weighted by Gasteiger charge is 2.07. The lowest BCUT2D eigenvalue weighted by molar-refractivity contribution is 0.211. The van der Waals surface area contributed by atoms with Gasteiger partial charge in [0.2, 0.25) is 5.88 Å². The Balaban J connectivity index is 1.85. The van der Waals surface area contributed by atoms with Crippen molar-refractivity contribution in [2.75, 3.05) is 13.2 Å². The molecule has 0 bridgehead atoms. The topological polar surface area (TPSA) is 44.2 Å². The third-order valence-corrected chi connectivity index (χ3v) is 2.74. The first kappa shape index (κ1) is 14.6. The lowest BCUT2D eigenvalue weighted by atomic mass is 10.2. The Labute approximate surface area is 123 Å². The number of para-hydroxylation sites is 1. The van der Waals surface area contributed by atoms with Crippen LogP contribution in [0.4, 0.5) is 0 Å². The number of rotatable bonds is 6. The molecule has 0 fully saturated rings. The lowest BCUT2D eigenvalue weighted by Crippen LogP contribution is -2.10. The van der Waals surface area contributed by atoms with Crippen molar-refractivity contribution in [1.29, 1.82) is 0 Å². The third kappa shape index (κ3) is 4.38. The van der Waals surface area contributed by atoms with E-state index >= 15 is 0 Å². The predicted molar refractivity (Wildman–Crippen MR) is 78.6 cm³/mol. The zero-order valence-corrected chi connectivity index (χ0v) is 12.3. The molecule has 2 aromatic rings. The minimum Gasteiger partial charge on any atom is -0.490 e. The van der Waals surface area contributed by atoms with Crippen molar-refractivity contribution in [2.45, 2.75) is 19.8 Å². The SMILES string of the molecule is CC(C)c1nc(Cl)cc(OCCOc2ccccc2)n1. The first-order chi connectivity index (χ1) is 9.65. The quantitative estimate of drug-likeness (QED) is 0.601. The maximum absolute atomic E-state index is 5.94. The van der Waals surface area contributed by atoms with Crippen LogP contribution in [-0.4, -0.2) is 23.2 Å². The van der Waals surface area contributed by atoms with E-state index in [-0.39, 0.29) is 5.92 Å². The second-order valence-corrected chi connectivity index (χ2v) is 4.94. The molecule has 2 rings (SSSR count). The summed E-state index contributed by atoms with van der Waals surface area (Å²) >= 11 is 5.94. The average molecular weight is 293 g/mol. The van der Waals surface area contributed by atoms with E-state index in [4.69, 9.17) is 21.1 Å². The lowest BCUT2D eigenvalue weighted by Gasteiger charge is -2.10. The Bertz CT molecular complexity index is 547. The molecule has 0 aliphatic heterocycles. The minimum absolute atomic E-state index is 0.205. The van der Waals surface area contributed by atoms with Gasteiger partial charge in [0.15, 0.2) is 0 Å². The standard InChI is InChI=1S/C15H17ClN2O2/c1-11(2)15-17-13(16)10-14(18-15)20-9-8-19-12-6-4-3-5-7-12/h3-7,10-11H,8-9H2,1-2H3. The smallest absolute Gasteiger partial charge is 0.218 e. The van der Waals surface area contributed by atoms with Crippen molar-refractivity contribution < 1.29 is 9.47 Å². The molecule has 0 saturated carbocycles. The van der Waals surface area contributed by atoms with Gasteiger partial charge in [-0.15, -0.1) is 0 Å². The van der Waals surface area contributed by atoms with Gasteiger partial charge in [0.05, 0.1) is 0 Å². The largest absolute Gasteiger partial charge is 0.490 e. The molecular formula is C15H17ClN2O2. The summed E-state index contributed by atoms with van der Waals surface area (Å²) in [7, 11) is 0. The van der Waals surface area contributed by atoms with Crippen LogP contribution in [0.1, 0.15) is 25.6 Å². The molecule has 0 aliphatic rings. The van der Waals surface area contributed by atoms with E-state index < -0.39 is 0 Å². The van der Waals surface area contributed by atoms with Gasteiger partial charge in [-0.25, -0.2) is 4.98 Å². The molecule has 106 valence electrons. The van der Waals surface area contributed by atoms with Gasteiger partial charge in [-0.2, -0.15) is 4.98 Å². The summed E-state index contributed by atoms with van der Waals surface area (Å²) in [6, 6.07) is 11.2. The van der Waals surface area contributed by atoms with Crippen LogP contribution in [-0.2, 0) is 0 Å². The fourth-order valence-electron chi connectivity index (χ4n) is 1.57. The molecule has 20 heavy (non-hydrogen) atoms. The number of aromatic nitrogens is 2. The molecule has 0 atom stereocenters. The van der Waals surface area contributed by atoms with Crippen molar-refractivity contribution in [1.82, 2.24) is 9.97 Å². The molecule has 4 nitrogen and oxygen atoms in total. The summed E-state index contributed by atoms with van der Waals surface area (Å²) in [5.41, 5.74) is 0. The van der Waals surface area contributed by atoms with E-state index in [2.05, 4.69) is 9.97 Å². The van der Waals surface area contributed by atoms with Crippen LogP contribution in [0.15, 0.2) is 36.4 Å². The molecule has 1 aromatic heterocycles. The van der Waals surface area contributed by atoms with Gasteiger partial charge in [0, 0.05) is 12.0 Å². The fourth-order valence-corrected chi connectivity index (χ4v) is 1.75. The first-order valence-electron chi connectivity index (χ1n) is 6.50. The number of benzene rings is 1. The molecule has 0 unspecified atom stereocenters. The molecule has 0 saturated heterocycles. The summed E-state index contributed by atoms with van der Waals surface area (Å²) in [5, 5.41) is 0.391. The van der Waals surface area contributed by atoms with E-state index in [9.17, 15) is 0 Å². The molecule has 0 spiro atoms. The number of ether oxygens (including phenoxy) is 2. The summed E-state index contributed by atoms with van der Waals surface area (Å²) in [6.07, 6.45) is 0. The Hall–Kier alpha value is -1.81. The number of halogens is 1. The molecular weight excluding hydrogens is 276 g/mol. The van der Waals surface area contributed by atoms with E-state index in [0.29, 0.717) is 30.1 Å². The van der Waals surface area contributed by atoms with Crippen LogP contribution in [0.25, 0.3) is 0 Å². The maximum Gasteiger partial charge on any atom is 0.218 e. The highest BCUT2D eigenvalue weighted by atomic mass is 35.5. The van der Waals surface area contributed by atoms with Gasteiger partial charge in [0.1, 0.15) is 29.9 Å². The van der Waals surface area contributed by atoms with Gasteiger partial charge < -0.3 is 9.47 Å². The Morgan fingerprint density at radius 2 is 1.75 bits per heavy atom.